The zero-order valence-electron chi connectivity index (χ0n) is 8.83. The van der Waals surface area contributed by atoms with Crippen LogP contribution in [0.25, 0.3) is 6.08 Å². The van der Waals surface area contributed by atoms with Gasteiger partial charge in [0.05, 0.1) is 11.6 Å². The summed E-state index contributed by atoms with van der Waals surface area (Å²) in [5.74, 6) is -0.570. The van der Waals surface area contributed by atoms with E-state index in [0.29, 0.717) is 12.1 Å². The summed E-state index contributed by atoms with van der Waals surface area (Å²) in [5.41, 5.74) is 0.876. The number of rotatable bonds is 3. The lowest BCUT2D eigenvalue weighted by atomic mass is 10.1. The molecule has 0 unspecified atom stereocenters. The van der Waals surface area contributed by atoms with Crippen LogP contribution in [0.4, 0.5) is 4.39 Å². The molecule has 1 rings (SSSR count). The molecule has 0 aromatic heterocycles. The Morgan fingerprint density at radius 1 is 1.56 bits per heavy atom. The zero-order chi connectivity index (χ0) is 12.0. The van der Waals surface area contributed by atoms with E-state index in [-0.39, 0.29) is 11.5 Å². The maximum absolute atomic E-state index is 13.0. The number of halogens is 1. The number of nitrogens with one attached hydrogen (secondary N) is 1. The van der Waals surface area contributed by atoms with E-state index in [1.54, 1.807) is 18.2 Å². The van der Waals surface area contributed by atoms with E-state index in [9.17, 15) is 9.18 Å². The van der Waals surface area contributed by atoms with Crippen LogP contribution in [0.1, 0.15) is 18.1 Å². The highest BCUT2D eigenvalue weighted by molar-refractivity contribution is 5.73. The van der Waals surface area contributed by atoms with E-state index >= 15 is 0 Å². The Hall–Kier alpha value is -2.15. The molecule has 0 fully saturated rings. The fourth-order valence-corrected chi connectivity index (χ4v) is 1.17. The highest BCUT2D eigenvalue weighted by atomic mass is 19.1. The number of carbonyl (C=O) groups is 1. The second-order valence-electron chi connectivity index (χ2n) is 3.22. The van der Waals surface area contributed by atoms with Gasteiger partial charge in [-0.25, -0.2) is 4.39 Å². The van der Waals surface area contributed by atoms with Gasteiger partial charge in [-0.05, 0) is 23.8 Å². The number of carbonyl (C=O) groups excluding carboxylic acids is 1. The van der Waals surface area contributed by atoms with Crippen molar-refractivity contribution in [1.82, 2.24) is 5.32 Å². The van der Waals surface area contributed by atoms with E-state index in [2.05, 4.69) is 5.32 Å². The Balaban J connectivity index is 2.70. The van der Waals surface area contributed by atoms with Gasteiger partial charge in [0.15, 0.2) is 0 Å². The largest absolute Gasteiger partial charge is 0.353 e. The van der Waals surface area contributed by atoms with E-state index in [0.717, 1.165) is 0 Å². The lowest BCUT2D eigenvalue weighted by molar-refractivity contribution is -0.118. The molecule has 0 aliphatic heterocycles. The fraction of sp³-hybridized carbons (Fsp3) is 0.167. The lowest BCUT2D eigenvalue weighted by Gasteiger charge is -1.97. The maximum atomic E-state index is 13.0. The summed E-state index contributed by atoms with van der Waals surface area (Å²) in [6, 6.07) is 5.95. The number of nitrogens with zero attached hydrogens (tertiary/aromatic N) is 1. The molecular formula is C12H11FN2O. The van der Waals surface area contributed by atoms with Crippen molar-refractivity contribution in [2.75, 3.05) is 6.54 Å². The average Bonchev–Trinajstić information content (AvgIpc) is 2.23. The third-order valence-corrected chi connectivity index (χ3v) is 1.83. The lowest BCUT2D eigenvalue weighted by Crippen LogP contribution is -2.19. The third kappa shape index (κ3) is 3.93. The standard InChI is InChI=1S/C12H11FN2O/c1-9(16)15-4-2-3-10-5-11(8-14)7-12(13)6-10/h2-3,5-7H,4H2,1H3,(H,15,16). The van der Waals surface area contributed by atoms with Crippen LogP contribution in [0.2, 0.25) is 0 Å². The van der Waals surface area contributed by atoms with E-state index in [1.807, 2.05) is 6.07 Å². The van der Waals surface area contributed by atoms with Crippen molar-refractivity contribution < 1.29 is 9.18 Å². The molecule has 0 saturated carbocycles. The van der Waals surface area contributed by atoms with Gasteiger partial charge in [-0.3, -0.25) is 4.79 Å². The molecule has 0 spiro atoms. The second kappa shape index (κ2) is 5.66. The van der Waals surface area contributed by atoms with Crippen LogP contribution in [-0.4, -0.2) is 12.5 Å². The van der Waals surface area contributed by atoms with Crippen LogP contribution in [-0.2, 0) is 4.79 Å². The quantitative estimate of drug-likeness (QED) is 0.841. The summed E-state index contributed by atoms with van der Waals surface area (Å²) in [4.78, 5) is 10.6. The number of nitriles is 1. The average molecular weight is 218 g/mol. The molecule has 4 heteroatoms. The molecule has 0 radical (unpaired) electrons. The number of hydrogen-bond acceptors (Lipinski definition) is 2. The first-order valence-electron chi connectivity index (χ1n) is 4.73. The SMILES string of the molecule is CC(=O)NCC=Cc1cc(F)cc(C#N)c1. The van der Waals surface area contributed by atoms with Crippen molar-refractivity contribution >= 4 is 12.0 Å². The van der Waals surface area contributed by atoms with E-state index in [1.165, 1.54) is 19.1 Å². The third-order valence-electron chi connectivity index (χ3n) is 1.83. The summed E-state index contributed by atoms with van der Waals surface area (Å²) in [7, 11) is 0. The molecule has 0 aliphatic rings. The Morgan fingerprint density at radius 2 is 2.31 bits per heavy atom. The first-order chi connectivity index (χ1) is 7.61. The summed E-state index contributed by atoms with van der Waals surface area (Å²) in [6.07, 6.45) is 3.34. The van der Waals surface area contributed by atoms with Gasteiger partial charge in [-0.2, -0.15) is 5.26 Å². The van der Waals surface area contributed by atoms with Gasteiger partial charge in [0.2, 0.25) is 5.91 Å². The smallest absolute Gasteiger partial charge is 0.217 e. The van der Waals surface area contributed by atoms with E-state index < -0.39 is 5.82 Å². The van der Waals surface area contributed by atoms with Crippen molar-refractivity contribution in [2.24, 2.45) is 0 Å². The van der Waals surface area contributed by atoms with Gasteiger partial charge in [-0.15, -0.1) is 0 Å². The van der Waals surface area contributed by atoms with Gasteiger partial charge in [0.1, 0.15) is 5.82 Å². The Morgan fingerprint density at radius 3 is 2.94 bits per heavy atom. The minimum Gasteiger partial charge on any atom is -0.353 e. The van der Waals surface area contributed by atoms with Crippen molar-refractivity contribution in [1.29, 1.82) is 5.26 Å². The molecule has 1 N–H and O–H groups in total. The number of hydrogen-bond donors (Lipinski definition) is 1. The van der Waals surface area contributed by atoms with Crippen LogP contribution in [0.5, 0.6) is 0 Å². The summed E-state index contributed by atoms with van der Waals surface area (Å²) < 4.78 is 13.0. The summed E-state index contributed by atoms with van der Waals surface area (Å²) >= 11 is 0. The number of amides is 1. The first kappa shape index (κ1) is 11.9. The molecule has 1 aromatic carbocycles. The topological polar surface area (TPSA) is 52.9 Å². The molecule has 0 saturated heterocycles. The van der Waals surface area contributed by atoms with Crippen LogP contribution < -0.4 is 5.32 Å². The van der Waals surface area contributed by atoms with Crippen molar-refractivity contribution in [3.05, 3.63) is 41.2 Å². The van der Waals surface area contributed by atoms with Gasteiger partial charge in [0.25, 0.3) is 0 Å². The minimum atomic E-state index is -0.446. The maximum Gasteiger partial charge on any atom is 0.217 e. The predicted molar refractivity (Wildman–Crippen MR) is 58.8 cm³/mol. The Kier molecular flexibility index (Phi) is 4.22. The van der Waals surface area contributed by atoms with Crippen LogP contribution >= 0.6 is 0 Å². The second-order valence-corrected chi connectivity index (χ2v) is 3.22. The predicted octanol–water partition coefficient (Wildman–Crippen LogP) is 1.85. The summed E-state index contributed by atoms with van der Waals surface area (Å²) in [5, 5.41) is 11.2. The highest BCUT2D eigenvalue weighted by Crippen LogP contribution is 2.09. The molecule has 0 atom stereocenters. The first-order valence-corrected chi connectivity index (χ1v) is 4.73. The van der Waals surface area contributed by atoms with Gasteiger partial charge in [0, 0.05) is 13.5 Å². The molecule has 0 heterocycles. The zero-order valence-corrected chi connectivity index (χ0v) is 8.83. The normalized spacial score (nSPS) is 10.1. The van der Waals surface area contributed by atoms with Crippen molar-refractivity contribution in [3.63, 3.8) is 0 Å². The van der Waals surface area contributed by atoms with Crippen molar-refractivity contribution in [3.8, 4) is 6.07 Å². The molecule has 0 aliphatic carbocycles. The molecule has 16 heavy (non-hydrogen) atoms. The number of benzene rings is 1. The van der Waals surface area contributed by atoms with Crippen molar-refractivity contribution in [2.45, 2.75) is 6.92 Å². The molecular weight excluding hydrogens is 207 g/mol. The molecule has 3 nitrogen and oxygen atoms in total. The van der Waals surface area contributed by atoms with Gasteiger partial charge in [-0.1, -0.05) is 12.2 Å². The Labute approximate surface area is 93.2 Å². The Bertz CT molecular complexity index is 461. The summed E-state index contributed by atoms with van der Waals surface area (Å²) in [6.45, 7) is 1.80. The van der Waals surface area contributed by atoms with Gasteiger partial charge >= 0.3 is 0 Å². The van der Waals surface area contributed by atoms with Crippen LogP contribution in [0, 0.1) is 17.1 Å². The highest BCUT2D eigenvalue weighted by Gasteiger charge is 1.97. The molecule has 0 bridgehead atoms. The van der Waals surface area contributed by atoms with Crippen LogP contribution in [0.3, 0.4) is 0 Å². The van der Waals surface area contributed by atoms with Crippen LogP contribution in [0.15, 0.2) is 24.3 Å². The molecule has 1 amide bonds. The monoisotopic (exact) mass is 218 g/mol. The fourth-order valence-electron chi connectivity index (χ4n) is 1.17. The van der Waals surface area contributed by atoms with Gasteiger partial charge < -0.3 is 5.32 Å². The minimum absolute atomic E-state index is 0.124. The molecule has 82 valence electrons. The van der Waals surface area contributed by atoms with E-state index in [4.69, 9.17) is 5.26 Å². The molecule has 1 aromatic rings.